The number of hydrogen-bond acceptors (Lipinski definition) is 9. The standard InChI is InChI=1S/C32H30N2O8S/c1-6-40-31(38)27-18(4)33-32-34(28(27)20-10-12-24(41-17(2)3)25(15-20)39-5)29(35)26(43-32)16-22-11-13-23(42-22)19-8-7-9-21(14-19)30(36)37/h7-17,28H,6H2,1-5H3,(H,36,37). The van der Waals surface area contributed by atoms with E-state index in [9.17, 15) is 19.5 Å². The summed E-state index contributed by atoms with van der Waals surface area (Å²) in [5, 5.41) is 9.32. The first-order chi connectivity index (χ1) is 20.6. The minimum atomic E-state index is -1.04. The van der Waals surface area contributed by atoms with Gasteiger partial charge < -0.3 is 23.7 Å². The molecule has 0 bridgehead atoms. The minimum Gasteiger partial charge on any atom is -0.493 e. The highest BCUT2D eigenvalue weighted by atomic mass is 32.1. The number of nitrogens with zero attached hydrogens (tertiary/aromatic N) is 2. The van der Waals surface area contributed by atoms with Crippen molar-refractivity contribution in [2.24, 2.45) is 4.99 Å². The van der Waals surface area contributed by atoms with Gasteiger partial charge in [-0.3, -0.25) is 9.36 Å². The molecule has 4 aromatic rings. The van der Waals surface area contributed by atoms with Gasteiger partial charge in [-0.05, 0) is 69.7 Å². The lowest BCUT2D eigenvalue weighted by atomic mass is 9.95. The number of allylic oxidation sites excluding steroid dienone is 1. The first-order valence-electron chi connectivity index (χ1n) is 13.6. The SMILES string of the molecule is CCOC(=O)C1=C(C)N=c2sc(=Cc3ccc(-c4cccc(C(=O)O)c4)o3)c(=O)n2C1c1ccc(OC(C)C)c(OC)c1. The molecular weight excluding hydrogens is 572 g/mol. The summed E-state index contributed by atoms with van der Waals surface area (Å²) in [6, 6.07) is 14.3. The molecule has 222 valence electrons. The number of aromatic nitrogens is 1. The van der Waals surface area contributed by atoms with Crippen LogP contribution in [0.1, 0.15) is 55.4 Å². The molecule has 1 unspecified atom stereocenters. The third kappa shape index (κ3) is 5.89. The Hall–Kier alpha value is -4.90. The summed E-state index contributed by atoms with van der Waals surface area (Å²) in [6.07, 6.45) is 1.52. The Balaban J connectivity index is 1.63. The summed E-state index contributed by atoms with van der Waals surface area (Å²) >= 11 is 1.17. The number of carbonyl (C=O) groups excluding carboxylic acids is 1. The van der Waals surface area contributed by atoms with Gasteiger partial charge in [-0.2, -0.15) is 0 Å². The van der Waals surface area contributed by atoms with Crippen LogP contribution in [0.5, 0.6) is 11.5 Å². The maximum absolute atomic E-state index is 13.9. The second-order valence-electron chi connectivity index (χ2n) is 9.97. The van der Waals surface area contributed by atoms with E-state index in [1.165, 1.54) is 35.1 Å². The Morgan fingerprint density at radius 2 is 1.93 bits per heavy atom. The van der Waals surface area contributed by atoms with Gasteiger partial charge in [0.25, 0.3) is 5.56 Å². The molecule has 0 saturated carbocycles. The van der Waals surface area contributed by atoms with Crippen LogP contribution in [0.3, 0.4) is 0 Å². The van der Waals surface area contributed by atoms with Crippen molar-refractivity contribution in [1.82, 2.24) is 4.57 Å². The summed E-state index contributed by atoms with van der Waals surface area (Å²) in [5.74, 6) is 0.244. The van der Waals surface area contributed by atoms with E-state index in [2.05, 4.69) is 4.99 Å². The van der Waals surface area contributed by atoms with Gasteiger partial charge in [0.2, 0.25) is 0 Å². The van der Waals surface area contributed by atoms with Gasteiger partial charge in [0.1, 0.15) is 11.5 Å². The maximum atomic E-state index is 13.9. The zero-order valence-electron chi connectivity index (χ0n) is 24.2. The normalized spacial score (nSPS) is 14.8. The smallest absolute Gasteiger partial charge is 0.338 e. The highest BCUT2D eigenvalue weighted by Gasteiger charge is 2.34. The van der Waals surface area contributed by atoms with E-state index >= 15 is 0 Å². The quantitative estimate of drug-likeness (QED) is 0.276. The van der Waals surface area contributed by atoms with E-state index in [1.807, 2.05) is 13.8 Å². The maximum Gasteiger partial charge on any atom is 0.338 e. The molecule has 43 heavy (non-hydrogen) atoms. The fourth-order valence-corrected chi connectivity index (χ4v) is 5.86. The summed E-state index contributed by atoms with van der Waals surface area (Å²) in [7, 11) is 1.53. The summed E-state index contributed by atoms with van der Waals surface area (Å²) in [5.41, 5.74) is 1.67. The second kappa shape index (κ2) is 12.1. The molecule has 0 saturated heterocycles. The molecule has 0 fully saturated rings. The molecule has 0 aliphatic carbocycles. The Kier molecular flexibility index (Phi) is 8.36. The van der Waals surface area contributed by atoms with Crippen molar-refractivity contribution in [2.75, 3.05) is 13.7 Å². The van der Waals surface area contributed by atoms with Crippen molar-refractivity contribution in [2.45, 2.75) is 39.8 Å². The number of esters is 1. The first kappa shape index (κ1) is 29.6. The van der Waals surface area contributed by atoms with Crippen LogP contribution < -0.4 is 24.4 Å². The van der Waals surface area contributed by atoms with Gasteiger partial charge in [0.05, 0.1) is 47.2 Å². The van der Waals surface area contributed by atoms with Crippen molar-refractivity contribution >= 4 is 29.4 Å². The van der Waals surface area contributed by atoms with Crippen molar-refractivity contribution in [3.63, 3.8) is 0 Å². The molecule has 10 nitrogen and oxygen atoms in total. The van der Waals surface area contributed by atoms with Crippen LogP contribution in [0, 0.1) is 0 Å². The van der Waals surface area contributed by atoms with Crippen molar-refractivity contribution in [3.05, 3.63) is 102 Å². The number of rotatable bonds is 9. The number of methoxy groups -OCH3 is 1. The number of aromatic carboxylic acids is 1. The number of ether oxygens (including phenoxy) is 3. The van der Waals surface area contributed by atoms with E-state index in [-0.39, 0.29) is 29.4 Å². The van der Waals surface area contributed by atoms with Gasteiger partial charge in [-0.1, -0.05) is 29.5 Å². The number of carbonyl (C=O) groups is 2. The van der Waals surface area contributed by atoms with Crippen LogP contribution in [-0.2, 0) is 9.53 Å². The van der Waals surface area contributed by atoms with Crippen LogP contribution in [0.2, 0.25) is 0 Å². The summed E-state index contributed by atoms with van der Waals surface area (Å²) in [6.45, 7) is 7.41. The number of fused-ring (bicyclic) bond motifs is 1. The highest BCUT2D eigenvalue weighted by molar-refractivity contribution is 7.07. The Bertz CT molecular complexity index is 1930. The first-order valence-corrected chi connectivity index (χ1v) is 14.4. The highest BCUT2D eigenvalue weighted by Crippen LogP contribution is 2.36. The molecule has 5 rings (SSSR count). The average Bonchev–Trinajstić information content (AvgIpc) is 3.56. The third-order valence-corrected chi connectivity index (χ3v) is 7.66. The number of hydrogen-bond donors (Lipinski definition) is 1. The number of thiazole rings is 1. The number of carboxylic acid groups (broad SMARTS) is 1. The van der Waals surface area contributed by atoms with Crippen LogP contribution in [0.25, 0.3) is 17.4 Å². The predicted octanol–water partition coefficient (Wildman–Crippen LogP) is 4.55. The van der Waals surface area contributed by atoms with Crippen LogP contribution in [0.4, 0.5) is 0 Å². The molecule has 11 heteroatoms. The molecular formula is C32H30N2O8S. The van der Waals surface area contributed by atoms with E-state index in [4.69, 9.17) is 18.6 Å². The van der Waals surface area contributed by atoms with Crippen LogP contribution in [-0.4, -0.2) is 41.4 Å². The lowest BCUT2D eigenvalue weighted by Gasteiger charge is -2.25. The van der Waals surface area contributed by atoms with E-state index in [0.717, 1.165) is 0 Å². The van der Waals surface area contributed by atoms with Gasteiger partial charge in [0, 0.05) is 11.6 Å². The topological polar surface area (TPSA) is 130 Å². The Morgan fingerprint density at radius 1 is 1.14 bits per heavy atom. The van der Waals surface area contributed by atoms with Gasteiger partial charge in [0.15, 0.2) is 16.3 Å². The molecule has 2 aromatic carbocycles. The molecule has 0 amide bonds. The summed E-state index contributed by atoms with van der Waals surface area (Å²) in [4.78, 5) is 43.6. The molecule has 1 aliphatic rings. The Labute approximate surface area is 250 Å². The van der Waals surface area contributed by atoms with Crippen LogP contribution >= 0.6 is 11.3 Å². The van der Waals surface area contributed by atoms with E-state index in [0.29, 0.717) is 49.2 Å². The van der Waals surface area contributed by atoms with E-state index in [1.54, 1.807) is 62.4 Å². The zero-order chi connectivity index (χ0) is 30.8. The number of furan rings is 1. The summed E-state index contributed by atoms with van der Waals surface area (Å²) < 4.78 is 24.6. The van der Waals surface area contributed by atoms with Gasteiger partial charge in [-0.25, -0.2) is 14.6 Å². The molecule has 0 spiro atoms. The van der Waals surface area contributed by atoms with Gasteiger partial charge >= 0.3 is 11.9 Å². The monoisotopic (exact) mass is 602 g/mol. The molecule has 2 aromatic heterocycles. The Morgan fingerprint density at radius 3 is 2.63 bits per heavy atom. The fourth-order valence-electron chi connectivity index (χ4n) is 4.83. The third-order valence-electron chi connectivity index (χ3n) is 6.68. The average molecular weight is 603 g/mol. The molecule has 1 atom stereocenters. The lowest BCUT2D eigenvalue weighted by Crippen LogP contribution is -2.40. The minimum absolute atomic E-state index is 0.0853. The molecule has 0 radical (unpaired) electrons. The molecule has 3 heterocycles. The van der Waals surface area contributed by atoms with Crippen LogP contribution in [0.15, 0.2) is 80.1 Å². The predicted molar refractivity (Wildman–Crippen MR) is 160 cm³/mol. The molecule has 1 N–H and O–H groups in total. The number of carboxylic acids is 1. The van der Waals surface area contributed by atoms with Gasteiger partial charge in [-0.15, -0.1) is 0 Å². The van der Waals surface area contributed by atoms with Crippen molar-refractivity contribution in [3.8, 4) is 22.8 Å². The van der Waals surface area contributed by atoms with Crippen molar-refractivity contribution in [1.29, 1.82) is 0 Å². The second-order valence-corrected chi connectivity index (χ2v) is 11.0. The molecule has 1 aliphatic heterocycles. The van der Waals surface area contributed by atoms with Crippen molar-refractivity contribution < 1.29 is 33.3 Å². The largest absolute Gasteiger partial charge is 0.493 e. The van der Waals surface area contributed by atoms with E-state index < -0.39 is 18.0 Å². The lowest BCUT2D eigenvalue weighted by molar-refractivity contribution is -0.139. The number of benzene rings is 2. The zero-order valence-corrected chi connectivity index (χ0v) is 25.1. The fraction of sp³-hybridized carbons (Fsp3) is 0.250.